The van der Waals surface area contributed by atoms with Crippen LogP contribution in [0.1, 0.15) is 99.8 Å². The SMILES string of the molecule is C=CCCC(=O)C(=O)C(CC(=O)[C@@H]1[C@@H]2[C@H](CN1C(=O)[C@@H](NC(=O)N[C@H](C(=O)C1CC1)C(C)C)C(C)(C)C)C2(C)C)CC1CC1. The molecule has 0 bridgehead atoms. The number of carbonyl (C=O) groups excluding carboxylic acids is 6. The largest absolute Gasteiger partial charge is 0.330 e. The predicted octanol–water partition coefficient (Wildman–Crippen LogP) is 4.67. The summed E-state index contributed by atoms with van der Waals surface area (Å²) >= 11 is 0. The van der Waals surface area contributed by atoms with Crippen LogP contribution in [0.3, 0.4) is 0 Å². The molecule has 2 N–H and O–H groups in total. The van der Waals surface area contributed by atoms with Gasteiger partial charge in [-0.25, -0.2) is 4.79 Å². The zero-order valence-corrected chi connectivity index (χ0v) is 27.7. The third-order valence-corrected chi connectivity index (χ3v) is 10.4. The number of rotatable bonds is 16. The molecule has 1 aliphatic heterocycles. The van der Waals surface area contributed by atoms with E-state index in [4.69, 9.17) is 0 Å². The van der Waals surface area contributed by atoms with Gasteiger partial charge in [-0.3, -0.25) is 24.0 Å². The predicted molar refractivity (Wildman–Crippen MR) is 167 cm³/mol. The van der Waals surface area contributed by atoms with Crippen molar-refractivity contribution < 1.29 is 28.8 Å². The molecule has 9 nitrogen and oxygen atoms in total. The molecule has 9 heteroatoms. The first-order chi connectivity index (χ1) is 20.5. The van der Waals surface area contributed by atoms with E-state index in [1.54, 1.807) is 11.0 Å². The van der Waals surface area contributed by atoms with E-state index in [1.165, 1.54) is 0 Å². The van der Waals surface area contributed by atoms with Crippen LogP contribution in [-0.2, 0) is 24.0 Å². The standard InChI is InChI=1S/C35H53N3O6/c1-9-10-11-24(39)29(41)22(16-20-12-13-20)17-25(40)28-26-23(35(26,7)8)18-38(28)32(43)31(34(4,5)6)37-33(44)36-27(19(2)3)30(42)21-14-15-21/h9,19-23,26-28,31H,1,10-18H2,2-8H3,(H2,36,37,44)/t22?,23-,26-,27-,28+,31+/m0/s1. The Morgan fingerprint density at radius 2 is 1.64 bits per heavy atom. The summed E-state index contributed by atoms with van der Waals surface area (Å²) in [6.07, 6.45) is 6.25. The van der Waals surface area contributed by atoms with Crippen LogP contribution in [-0.4, -0.2) is 64.6 Å². The molecule has 0 aromatic rings. The summed E-state index contributed by atoms with van der Waals surface area (Å²) < 4.78 is 0. The molecule has 3 aliphatic carbocycles. The molecule has 0 aromatic heterocycles. The number of allylic oxidation sites excluding steroid dienone is 1. The summed E-state index contributed by atoms with van der Waals surface area (Å²) in [6, 6.07) is -2.86. The van der Waals surface area contributed by atoms with Crippen LogP contribution in [0.4, 0.5) is 4.79 Å². The van der Waals surface area contributed by atoms with Crippen LogP contribution in [0.15, 0.2) is 12.7 Å². The number of likely N-dealkylation sites (tertiary alicyclic amines) is 1. The minimum atomic E-state index is -0.938. The number of carbonyl (C=O) groups is 6. The third kappa shape index (κ3) is 7.51. The summed E-state index contributed by atoms with van der Waals surface area (Å²) in [5, 5.41) is 5.68. The monoisotopic (exact) mass is 611 g/mol. The molecule has 4 aliphatic rings. The summed E-state index contributed by atoms with van der Waals surface area (Å²) in [7, 11) is 0. The zero-order valence-electron chi connectivity index (χ0n) is 27.7. The van der Waals surface area contributed by atoms with E-state index in [0.29, 0.717) is 25.3 Å². The van der Waals surface area contributed by atoms with Gasteiger partial charge in [0.05, 0.1) is 12.1 Å². The number of amides is 3. The van der Waals surface area contributed by atoms with Crippen molar-refractivity contribution in [1.29, 1.82) is 0 Å². The fourth-order valence-electron chi connectivity index (χ4n) is 7.19. The number of piperidine rings is 1. The number of fused-ring (bicyclic) bond motifs is 1. The van der Waals surface area contributed by atoms with E-state index < -0.39 is 47.1 Å². The molecule has 1 saturated heterocycles. The number of nitrogens with one attached hydrogen (secondary N) is 2. The highest BCUT2D eigenvalue weighted by molar-refractivity contribution is 6.38. The van der Waals surface area contributed by atoms with Crippen LogP contribution in [0.5, 0.6) is 0 Å². The quantitative estimate of drug-likeness (QED) is 0.193. The Hall–Kier alpha value is -2.84. The van der Waals surface area contributed by atoms with E-state index in [-0.39, 0.29) is 59.4 Å². The summed E-state index contributed by atoms with van der Waals surface area (Å²) in [4.78, 5) is 81.9. The summed E-state index contributed by atoms with van der Waals surface area (Å²) in [5.41, 5.74) is -0.803. The van der Waals surface area contributed by atoms with Gasteiger partial charge in [-0.15, -0.1) is 6.58 Å². The normalized spacial score (nSPS) is 25.8. The summed E-state index contributed by atoms with van der Waals surface area (Å²) in [5.74, 6) is -1.77. The van der Waals surface area contributed by atoms with Crippen molar-refractivity contribution >= 4 is 35.1 Å². The van der Waals surface area contributed by atoms with Gasteiger partial charge in [0.25, 0.3) is 0 Å². The lowest BCUT2D eigenvalue weighted by Gasteiger charge is -2.38. The highest BCUT2D eigenvalue weighted by atomic mass is 16.2. The molecule has 3 amide bonds. The average Bonchev–Trinajstić information content (AvgIpc) is 3.88. The highest BCUT2D eigenvalue weighted by Gasteiger charge is 2.69. The topological polar surface area (TPSA) is 130 Å². The molecule has 3 saturated carbocycles. The third-order valence-electron chi connectivity index (χ3n) is 10.4. The van der Waals surface area contributed by atoms with Crippen molar-refractivity contribution in [3.05, 3.63) is 12.7 Å². The lowest BCUT2D eigenvalue weighted by molar-refractivity contribution is -0.144. The first kappa shape index (κ1) is 34.0. The first-order valence-electron chi connectivity index (χ1n) is 16.6. The van der Waals surface area contributed by atoms with Crippen molar-refractivity contribution in [2.24, 2.45) is 46.3 Å². The average molecular weight is 612 g/mol. The number of ketones is 4. The second kappa shape index (κ2) is 12.9. The van der Waals surface area contributed by atoms with E-state index >= 15 is 0 Å². The fraction of sp³-hybridized carbons (Fsp3) is 0.771. The minimum Gasteiger partial charge on any atom is -0.330 e. The van der Waals surface area contributed by atoms with Gasteiger partial charge in [-0.1, -0.05) is 67.4 Å². The number of hydrogen-bond donors (Lipinski definition) is 2. The van der Waals surface area contributed by atoms with Crippen LogP contribution >= 0.6 is 0 Å². The van der Waals surface area contributed by atoms with Crippen LogP contribution < -0.4 is 10.6 Å². The molecule has 0 radical (unpaired) electrons. The molecular weight excluding hydrogens is 558 g/mol. The van der Waals surface area contributed by atoms with E-state index in [1.807, 2.05) is 34.6 Å². The Morgan fingerprint density at radius 1 is 1.00 bits per heavy atom. The van der Waals surface area contributed by atoms with E-state index in [0.717, 1.165) is 25.7 Å². The Morgan fingerprint density at radius 3 is 2.16 bits per heavy atom. The molecule has 44 heavy (non-hydrogen) atoms. The lowest BCUT2D eigenvalue weighted by atomic mass is 9.83. The molecular formula is C35H53N3O6. The Kier molecular flexibility index (Phi) is 9.96. The molecule has 0 aromatic carbocycles. The maximum Gasteiger partial charge on any atom is 0.316 e. The Bertz CT molecular complexity index is 1190. The van der Waals surface area contributed by atoms with Gasteiger partial charge in [0.2, 0.25) is 11.7 Å². The van der Waals surface area contributed by atoms with Crippen molar-refractivity contribution in [2.45, 2.75) is 118 Å². The van der Waals surface area contributed by atoms with Gasteiger partial charge in [-0.2, -0.15) is 0 Å². The molecule has 1 unspecified atom stereocenters. The second-order valence-electron chi connectivity index (χ2n) is 15.9. The maximum absolute atomic E-state index is 14.3. The van der Waals surface area contributed by atoms with Gasteiger partial charge < -0.3 is 15.5 Å². The number of Topliss-reactive ketones (excluding diaryl/α,β-unsaturated/α-hetero) is 4. The van der Waals surface area contributed by atoms with Crippen molar-refractivity contribution in [1.82, 2.24) is 15.5 Å². The number of hydrogen-bond acceptors (Lipinski definition) is 6. The Labute approximate surface area is 262 Å². The maximum atomic E-state index is 14.3. The van der Waals surface area contributed by atoms with Gasteiger partial charge in [-0.05, 0) is 60.2 Å². The first-order valence-corrected chi connectivity index (χ1v) is 16.6. The molecule has 4 rings (SSSR count). The fourth-order valence-corrected chi connectivity index (χ4v) is 7.19. The number of nitrogens with zero attached hydrogens (tertiary/aromatic N) is 1. The number of urea groups is 1. The second-order valence-corrected chi connectivity index (χ2v) is 15.9. The molecule has 1 heterocycles. The molecule has 244 valence electrons. The van der Waals surface area contributed by atoms with Gasteiger partial charge in [0.15, 0.2) is 17.3 Å². The van der Waals surface area contributed by atoms with Crippen LogP contribution in [0.2, 0.25) is 0 Å². The summed E-state index contributed by atoms with van der Waals surface area (Å²) in [6.45, 7) is 17.6. The van der Waals surface area contributed by atoms with Gasteiger partial charge in [0.1, 0.15) is 6.04 Å². The smallest absolute Gasteiger partial charge is 0.316 e. The van der Waals surface area contributed by atoms with Crippen LogP contribution in [0.25, 0.3) is 0 Å². The highest BCUT2D eigenvalue weighted by Crippen LogP contribution is 2.65. The van der Waals surface area contributed by atoms with Crippen molar-refractivity contribution in [2.75, 3.05) is 6.54 Å². The molecule has 4 fully saturated rings. The Balaban J connectivity index is 1.51. The van der Waals surface area contributed by atoms with Gasteiger partial charge >= 0.3 is 6.03 Å². The molecule has 0 spiro atoms. The van der Waals surface area contributed by atoms with Crippen LogP contribution in [0, 0.1) is 46.3 Å². The van der Waals surface area contributed by atoms with E-state index in [2.05, 4.69) is 31.1 Å². The van der Waals surface area contributed by atoms with Crippen molar-refractivity contribution in [3.63, 3.8) is 0 Å². The lowest BCUT2D eigenvalue weighted by Crippen LogP contribution is -2.61. The minimum absolute atomic E-state index is 0.0119. The molecule has 6 atom stereocenters. The zero-order chi connectivity index (χ0) is 32.7. The van der Waals surface area contributed by atoms with Gasteiger partial charge in [0, 0.05) is 31.2 Å². The van der Waals surface area contributed by atoms with Crippen molar-refractivity contribution in [3.8, 4) is 0 Å². The van der Waals surface area contributed by atoms with E-state index in [9.17, 15) is 28.8 Å².